The molecule has 1 aliphatic heterocycles. The number of hydrogen-bond donors (Lipinski definition) is 3. The molecule has 1 aromatic carbocycles. The van der Waals surface area contributed by atoms with E-state index in [9.17, 15) is 14.7 Å². The molecular weight excluding hydrogens is 446 g/mol. The van der Waals surface area contributed by atoms with Gasteiger partial charge in [-0.1, -0.05) is 17.5 Å². The summed E-state index contributed by atoms with van der Waals surface area (Å²) in [6, 6.07) is 5.72. The van der Waals surface area contributed by atoms with Gasteiger partial charge in [-0.25, -0.2) is 0 Å². The van der Waals surface area contributed by atoms with Crippen LogP contribution in [0.2, 0.25) is 0 Å². The van der Waals surface area contributed by atoms with Gasteiger partial charge in [0, 0.05) is 31.0 Å². The van der Waals surface area contributed by atoms with E-state index in [0.717, 1.165) is 37.3 Å². The Kier molecular flexibility index (Phi) is 6.88. The number of amides is 1. The molecule has 0 saturated carbocycles. The van der Waals surface area contributed by atoms with Crippen LogP contribution in [0.15, 0.2) is 33.9 Å². The van der Waals surface area contributed by atoms with Crippen LogP contribution in [0.3, 0.4) is 0 Å². The number of thiazole rings is 1. The number of hydrogen-bond acceptors (Lipinski definition) is 8. The fraction of sp³-hybridized carbons (Fsp3) is 0.263. The van der Waals surface area contributed by atoms with Gasteiger partial charge in [-0.3, -0.25) is 14.2 Å². The summed E-state index contributed by atoms with van der Waals surface area (Å²) in [6.07, 6.45) is 1.59. The lowest BCUT2D eigenvalue weighted by molar-refractivity contribution is -0.137. The van der Waals surface area contributed by atoms with Crippen LogP contribution < -0.4 is 15.0 Å². The maximum absolute atomic E-state index is 11.2. The Bertz CT molecular complexity index is 1120. The van der Waals surface area contributed by atoms with Crippen molar-refractivity contribution in [2.45, 2.75) is 18.4 Å². The number of methoxy groups -OCH3 is 1. The second-order valence-corrected chi connectivity index (χ2v) is 8.91. The third-order valence-electron chi connectivity index (χ3n) is 4.13. The Morgan fingerprint density at radius 1 is 1.40 bits per heavy atom. The number of carbonyl (C=O) groups is 2. The minimum Gasteiger partial charge on any atom is -0.497 e. The van der Waals surface area contributed by atoms with Gasteiger partial charge in [0.15, 0.2) is 3.95 Å². The fourth-order valence-corrected chi connectivity index (χ4v) is 5.05. The van der Waals surface area contributed by atoms with Gasteiger partial charge in [0.2, 0.25) is 11.8 Å². The Morgan fingerprint density at radius 3 is 2.83 bits per heavy atom. The molecule has 1 amide bonds. The average Bonchev–Trinajstić information content (AvgIpc) is 3.17. The molecule has 3 rings (SSSR count). The first-order chi connectivity index (χ1) is 14.3. The predicted octanol–water partition coefficient (Wildman–Crippen LogP) is 3.28. The van der Waals surface area contributed by atoms with Gasteiger partial charge in [0.1, 0.15) is 17.3 Å². The van der Waals surface area contributed by atoms with E-state index in [4.69, 9.17) is 22.1 Å². The van der Waals surface area contributed by atoms with Crippen molar-refractivity contribution in [3.63, 3.8) is 0 Å². The zero-order chi connectivity index (χ0) is 21.8. The van der Waals surface area contributed by atoms with Crippen LogP contribution in [-0.2, 0) is 16.1 Å². The van der Waals surface area contributed by atoms with Crippen molar-refractivity contribution in [3.05, 3.63) is 37.8 Å². The van der Waals surface area contributed by atoms with Gasteiger partial charge in [0.25, 0.3) is 0 Å². The first kappa shape index (κ1) is 22.0. The smallest absolute Gasteiger partial charge is 0.323 e. The zero-order valence-electron chi connectivity index (χ0n) is 16.2. The van der Waals surface area contributed by atoms with E-state index >= 15 is 0 Å². The van der Waals surface area contributed by atoms with Crippen molar-refractivity contribution in [3.8, 4) is 11.6 Å². The Hall–Kier alpha value is -2.72. The van der Waals surface area contributed by atoms with Crippen LogP contribution >= 0.6 is 35.3 Å². The number of carboxylic acids is 1. The van der Waals surface area contributed by atoms with Gasteiger partial charge in [-0.2, -0.15) is 0 Å². The number of fused-ring (bicyclic) bond motifs is 1. The highest BCUT2D eigenvalue weighted by molar-refractivity contribution is 8.03. The molecule has 0 bridgehead atoms. The summed E-state index contributed by atoms with van der Waals surface area (Å²) in [5.41, 5.74) is 4.14. The molecule has 1 aliphatic rings. The van der Waals surface area contributed by atoms with Crippen molar-refractivity contribution in [2.75, 3.05) is 25.1 Å². The number of aromatic hydroxyl groups is 1. The first-order valence-electron chi connectivity index (χ1n) is 8.79. The second kappa shape index (κ2) is 9.40. The third kappa shape index (κ3) is 4.88. The summed E-state index contributed by atoms with van der Waals surface area (Å²) in [5.74, 6) is -0.669. The molecular formula is C19H19N3O5S3. The molecule has 11 heteroatoms. The van der Waals surface area contributed by atoms with Gasteiger partial charge < -0.3 is 25.2 Å². The highest BCUT2D eigenvalue weighted by atomic mass is 32.2. The van der Waals surface area contributed by atoms with Gasteiger partial charge in [0.05, 0.1) is 17.7 Å². The van der Waals surface area contributed by atoms with Gasteiger partial charge in [-0.05, 0) is 30.4 Å². The molecule has 30 heavy (non-hydrogen) atoms. The molecule has 0 aliphatic carbocycles. The number of aromatic nitrogens is 1. The SMILES string of the molecule is COc1ccc2c(c1)SC(=C=Cc1sc(=S)n(CC(=O)O)c1O)N2CCNC(C)=O. The summed E-state index contributed by atoms with van der Waals surface area (Å²) in [6.45, 7) is 2.04. The number of benzene rings is 1. The lowest BCUT2D eigenvalue weighted by atomic mass is 10.2. The number of nitrogens with zero attached hydrogens (tertiary/aromatic N) is 2. The lowest BCUT2D eigenvalue weighted by Crippen LogP contribution is -2.31. The molecule has 0 unspecified atom stereocenters. The fourth-order valence-electron chi connectivity index (χ4n) is 2.78. The number of anilines is 1. The Balaban J connectivity index is 1.96. The van der Waals surface area contributed by atoms with Crippen LogP contribution in [-0.4, -0.2) is 46.9 Å². The van der Waals surface area contributed by atoms with E-state index in [1.807, 2.05) is 23.1 Å². The Labute approximate surface area is 186 Å². The van der Waals surface area contributed by atoms with Gasteiger partial charge in [-0.15, -0.1) is 11.3 Å². The summed E-state index contributed by atoms with van der Waals surface area (Å²) in [5, 5.41) is 22.8. The van der Waals surface area contributed by atoms with E-state index < -0.39 is 12.5 Å². The summed E-state index contributed by atoms with van der Waals surface area (Å²) >= 11 is 7.74. The highest BCUT2D eigenvalue weighted by Crippen LogP contribution is 2.47. The predicted molar refractivity (Wildman–Crippen MR) is 119 cm³/mol. The number of ether oxygens (including phenoxy) is 1. The standard InChI is InChI=1S/C19H19N3O5S3/c1-11(23)20-7-8-21-13-4-3-12(27-2)9-15(13)29-16(21)6-5-14-18(26)22(10-17(24)25)19(28)30-14/h3-5,9,26H,7-8,10H2,1-2H3,(H,20,23)(H,24,25). The third-order valence-corrected chi connectivity index (χ3v) is 6.60. The maximum Gasteiger partial charge on any atom is 0.323 e. The summed E-state index contributed by atoms with van der Waals surface area (Å²) in [7, 11) is 1.60. The van der Waals surface area contributed by atoms with Crippen molar-refractivity contribution in [1.29, 1.82) is 0 Å². The van der Waals surface area contributed by atoms with E-state index in [-0.39, 0.29) is 15.7 Å². The molecule has 0 fully saturated rings. The van der Waals surface area contributed by atoms with E-state index in [0.29, 0.717) is 18.0 Å². The average molecular weight is 466 g/mol. The molecule has 158 valence electrons. The number of rotatable bonds is 7. The second-order valence-electron chi connectivity index (χ2n) is 6.20. The van der Waals surface area contributed by atoms with Gasteiger partial charge >= 0.3 is 5.97 Å². The van der Waals surface area contributed by atoms with Crippen molar-refractivity contribution < 1.29 is 24.5 Å². The minimum absolute atomic E-state index is 0.109. The minimum atomic E-state index is -1.09. The number of thioether (sulfide) groups is 1. The molecule has 0 spiro atoms. The van der Waals surface area contributed by atoms with Crippen LogP contribution in [0.25, 0.3) is 6.08 Å². The summed E-state index contributed by atoms with van der Waals surface area (Å²) < 4.78 is 6.72. The number of nitrogens with one attached hydrogen (secondary N) is 1. The Morgan fingerprint density at radius 2 is 2.17 bits per heavy atom. The molecule has 0 atom stereocenters. The van der Waals surface area contributed by atoms with Crippen LogP contribution in [0.4, 0.5) is 5.69 Å². The number of carbonyl (C=O) groups excluding carboxylic acids is 1. The van der Waals surface area contributed by atoms with Crippen molar-refractivity contribution >= 4 is 59.0 Å². The molecule has 1 aromatic heterocycles. The molecule has 2 heterocycles. The monoisotopic (exact) mass is 465 g/mol. The molecule has 3 N–H and O–H groups in total. The largest absolute Gasteiger partial charge is 0.497 e. The number of aliphatic carboxylic acids is 1. The quantitative estimate of drug-likeness (QED) is 0.423. The maximum atomic E-state index is 11.2. The molecule has 2 aromatic rings. The highest BCUT2D eigenvalue weighted by Gasteiger charge is 2.25. The van der Waals surface area contributed by atoms with Crippen LogP contribution in [0, 0.1) is 3.95 Å². The van der Waals surface area contributed by atoms with Crippen molar-refractivity contribution in [1.82, 2.24) is 9.88 Å². The zero-order valence-corrected chi connectivity index (χ0v) is 18.6. The van der Waals surface area contributed by atoms with E-state index in [1.165, 1.54) is 18.7 Å². The molecule has 0 saturated heterocycles. The van der Waals surface area contributed by atoms with E-state index in [1.54, 1.807) is 13.2 Å². The first-order valence-corrected chi connectivity index (χ1v) is 10.8. The molecule has 8 nitrogen and oxygen atoms in total. The molecule has 0 radical (unpaired) electrons. The van der Waals surface area contributed by atoms with Crippen LogP contribution in [0.5, 0.6) is 11.6 Å². The summed E-state index contributed by atoms with van der Waals surface area (Å²) in [4.78, 5) is 25.6. The van der Waals surface area contributed by atoms with Crippen LogP contribution in [0.1, 0.15) is 11.8 Å². The van der Waals surface area contributed by atoms with E-state index in [2.05, 4.69) is 11.0 Å². The lowest BCUT2D eigenvalue weighted by Gasteiger charge is -2.19. The number of carboxylic acid groups (broad SMARTS) is 1. The van der Waals surface area contributed by atoms with Crippen molar-refractivity contribution in [2.24, 2.45) is 0 Å². The normalized spacial score (nSPS) is 12.3. The topological polar surface area (TPSA) is 104 Å².